The van der Waals surface area contributed by atoms with Crippen molar-refractivity contribution in [3.05, 3.63) is 24.0 Å². The van der Waals surface area contributed by atoms with Crippen molar-refractivity contribution < 1.29 is 19.1 Å². The molecular weight excluding hydrogens is 358 g/mol. The van der Waals surface area contributed by atoms with E-state index in [0.29, 0.717) is 31.4 Å². The number of rotatable bonds is 4. The highest BCUT2D eigenvalue weighted by molar-refractivity contribution is 5.93. The molecule has 4 rings (SSSR count). The first-order valence-corrected chi connectivity index (χ1v) is 10.6. The lowest BCUT2D eigenvalue weighted by Crippen LogP contribution is -2.59. The number of ether oxygens (including phenoxy) is 2. The predicted octanol–water partition coefficient (Wildman–Crippen LogP) is 1.91. The first kappa shape index (κ1) is 19.5. The fourth-order valence-corrected chi connectivity index (χ4v) is 5.32. The maximum atomic E-state index is 13.1. The van der Waals surface area contributed by atoms with Crippen molar-refractivity contribution in [1.29, 1.82) is 0 Å². The number of aromatic nitrogens is 1. The Labute approximate surface area is 166 Å². The molecule has 3 atom stereocenters. The minimum Gasteiger partial charge on any atom is -0.466 e. The van der Waals surface area contributed by atoms with Crippen molar-refractivity contribution >= 4 is 11.9 Å². The molecular formula is C21H31N3O4. The number of H-pyrrole nitrogens is 1. The highest BCUT2D eigenvalue weighted by Crippen LogP contribution is 2.48. The van der Waals surface area contributed by atoms with Gasteiger partial charge in [-0.15, -0.1) is 0 Å². The van der Waals surface area contributed by atoms with E-state index in [0.717, 1.165) is 52.0 Å². The first-order chi connectivity index (χ1) is 13.6. The van der Waals surface area contributed by atoms with E-state index in [-0.39, 0.29) is 17.8 Å². The molecule has 1 saturated carbocycles. The van der Waals surface area contributed by atoms with E-state index in [1.807, 2.05) is 17.9 Å². The summed E-state index contributed by atoms with van der Waals surface area (Å²) in [5.41, 5.74) is 0.0127. The SMILES string of the molecule is CCOC(=O)[C@@]12CC[C@H](N3CCOCC3)C[C@H]1CCN(C(=O)c1ccc[nH]1)C2. The van der Waals surface area contributed by atoms with Crippen molar-refractivity contribution in [1.82, 2.24) is 14.8 Å². The highest BCUT2D eigenvalue weighted by Gasteiger charge is 2.54. The molecule has 7 nitrogen and oxygen atoms in total. The molecule has 0 radical (unpaired) electrons. The fourth-order valence-electron chi connectivity index (χ4n) is 5.32. The van der Waals surface area contributed by atoms with Gasteiger partial charge in [-0.25, -0.2) is 0 Å². The number of hydrogen-bond acceptors (Lipinski definition) is 5. The van der Waals surface area contributed by atoms with Crippen LogP contribution in [-0.2, 0) is 14.3 Å². The fraction of sp³-hybridized carbons (Fsp3) is 0.714. The molecule has 1 N–H and O–H groups in total. The number of hydrogen-bond donors (Lipinski definition) is 1. The van der Waals surface area contributed by atoms with Gasteiger partial charge in [0, 0.05) is 38.4 Å². The number of carbonyl (C=O) groups is 2. The van der Waals surface area contributed by atoms with Crippen LogP contribution in [0.25, 0.3) is 0 Å². The molecule has 1 amide bonds. The molecule has 3 heterocycles. The van der Waals surface area contributed by atoms with Crippen LogP contribution < -0.4 is 0 Å². The molecule has 7 heteroatoms. The van der Waals surface area contributed by atoms with Gasteiger partial charge >= 0.3 is 5.97 Å². The monoisotopic (exact) mass is 389 g/mol. The number of esters is 1. The summed E-state index contributed by atoms with van der Waals surface area (Å²) >= 11 is 0. The summed E-state index contributed by atoms with van der Waals surface area (Å²) in [5, 5.41) is 0. The number of carbonyl (C=O) groups excluding carboxylic acids is 2. The number of fused-ring (bicyclic) bond motifs is 1. The minimum absolute atomic E-state index is 0.0255. The van der Waals surface area contributed by atoms with E-state index in [1.165, 1.54) is 0 Å². The lowest BCUT2D eigenvalue weighted by atomic mass is 9.61. The molecule has 1 aromatic rings. The Balaban J connectivity index is 1.52. The van der Waals surface area contributed by atoms with E-state index in [9.17, 15) is 9.59 Å². The van der Waals surface area contributed by atoms with E-state index in [1.54, 1.807) is 12.3 Å². The van der Waals surface area contributed by atoms with Crippen LogP contribution in [0.5, 0.6) is 0 Å². The molecule has 2 saturated heterocycles. The van der Waals surface area contributed by atoms with Gasteiger partial charge in [-0.2, -0.15) is 0 Å². The van der Waals surface area contributed by atoms with Crippen molar-refractivity contribution in [3.63, 3.8) is 0 Å². The van der Waals surface area contributed by atoms with Gasteiger partial charge in [0.1, 0.15) is 5.69 Å². The van der Waals surface area contributed by atoms with Crippen LogP contribution in [0.1, 0.15) is 43.1 Å². The Bertz CT molecular complexity index is 686. The van der Waals surface area contributed by atoms with Crippen LogP contribution in [-0.4, -0.2) is 78.7 Å². The van der Waals surface area contributed by atoms with Crippen molar-refractivity contribution in [2.24, 2.45) is 11.3 Å². The van der Waals surface area contributed by atoms with Gasteiger partial charge in [0.05, 0.1) is 25.2 Å². The minimum atomic E-state index is -0.570. The smallest absolute Gasteiger partial charge is 0.314 e. The molecule has 0 aromatic carbocycles. The third kappa shape index (κ3) is 3.57. The summed E-state index contributed by atoms with van der Waals surface area (Å²) in [6.07, 6.45) is 5.37. The van der Waals surface area contributed by atoms with Crippen LogP contribution in [0, 0.1) is 11.3 Å². The maximum absolute atomic E-state index is 13.1. The van der Waals surface area contributed by atoms with E-state index >= 15 is 0 Å². The largest absolute Gasteiger partial charge is 0.466 e. The molecule has 28 heavy (non-hydrogen) atoms. The number of morpholine rings is 1. The summed E-state index contributed by atoms with van der Waals surface area (Å²) in [7, 11) is 0. The number of likely N-dealkylation sites (tertiary alicyclic amines) is 1. The van der Waals surface area contributed by atoms with Gasteiger partial charge in [-0.1, -0.05) is 0 Å². The lowest BCUT2D eigenvalue weighted by Gasteiger charge is -2.52. The van der Waals surface area contributed by atoms with E-state index < -0.39 is 5.41 Å². The summed E-state index contributed by atoms with van der Waals surface area (Å²) in [6, 6.07) is 4.12. The predicted molar refractivity (Wildman–Crippen MR) is 104 cm³/mol. The first-order valence-electron chi connectivity index (χ1n) is 10.6. The third-order valence-electron chi connectivity index (χ3n) is 6.84. The van der Waals surface area contributed by atoms with Gasteiger partial charge < -0.3 is 19.4 Å². The molecule has 0 unspecified atom stereocenters. The number of amides is 1. The Morgan fingerprint density at radius 3 is 2.82 bits per heavy atom. The van der Waals surface area contributed by atoms with Crippen LogP contribution in [0.15, 0.2) is 18.3 Å². The standard InChI is InChI=1S/C21H31N3O4/c1-2-28-20(26)21-7-5-17(23-10-12-27-13-11-23)14-16(21)6-9-24(15-21)19(25)18-4-3-8-22-18/h3-4,8,16-17,22H,2,5-7,9-15H2,1H3/t16-,17+,21-/m1/s1. The number of aromatic amines is 1. The van der Waals surface area contributed by atoms with Gasteiger partial charge in [-0.05, 0) is 50.7 Å². The summed E-state index contributed by atoms with van der Waals surface area (Å²) in [5.74, 6) is 0.118. The summed E-state index contributed by atoms with van der Waals surface area (Å²) in [4.78, 5) is 33.3. The average molecular weight is 389 g/mol. The van der Waals surface area contributed by atoms with Crippen molar-refractivity contribution in [2.45, 2.75) is 38.6 Å². The normalized spacial score (nSPS) is 31.2. The van der Waals surface area contributed by atoms with Gasteiger partial charge in [0.2, 0.25) is 0 Å². The van der Waals surface area contributed by atoms with E-state index in [4.69, 9.17) is 9.47 Å². The topological polar surface area (TPSA) is 74.9 Å². The molecule has 0 spiro atoms. The zero-order valence-corrected chi connectivity index (χ0v) is 16.7. The second-order valence-corrected chi connectivity index (χ2v) is 8.25. The van der Waals surface area contributed by atoms with Gasteiger partial charge in [0.15, 0.2) is 0 Å². The molecule has 154 valence electrons. The quantitative estimate of drug-likeness (QED) is 0.797. The lowest BCUT2D eigenvalue weighted by molar-refractivity contribution is -0.168. The second-order valence-electron chi connectivity index (χ2n) is 8.25. The van der Waals surface area contributed by atoms with Gasteiger partial charge in [0.25, 0.3) is 5.91 Å². The van der Waals surface area contributed by atoms with Crippen LogP contribution in [0.2, 0.25) is 0 Å². The number of nitrogens with zero attached hydrogens (tertiary/aromatic N) is 2. The van der Waals surface area contributed by atoms with Crippen LogP contribution in [0.3, 0.4) is 0 Å². The van der Waals surface area contributed by atoms with Crippen LogP contribution in [0.4, 0.5) is 0 Å². The van der Waals surface area contributed by atoms with Crippen LogP contribution >= 0.6 is 0 Å². The Morgan fingerprint density at radius 2 is 2.11 bits per heavy atom. The second kappa shape index (κ2) is 8.25. The van der Waals surface area contributed by atoms with Gasteiger partial charge in [-0.3, -0.25) is 14.5 Å². The Kier molecular flexibility index (Phi) is 5.73. The maximum Gasteiger partial charge on any atom is 0.314 e. The zero-order valence-electron chi connectivity index (χ0n) is 16.7. The summed E-state index contributed by atoms with van der Waals surface area (Å²) in [6.45, 7) is 6.93. The molecule has 1 aliphatic carbocycles. The highest BCUT2D eigenvalue weighted by atomic mass is 16.5. The molecule has 2 aliphatic heterocycles. The molecule has 3 aliphatic rings. The zero-order chi connectivity index (χ0) is 19.6. The molecule has 0 bridgehead atoms. The Hall–Kier alpha value is -1.86. The summed E-state index contributed by atoms with van der Waals surface area (Å²) < 4.78 is 11.0. The van der Waals surface area contributed by atoms with Crippen molar-refractivity contribution in [3.8, 4) is 0 Å². The van der Waals surface area contributed by atoms with Crippen molar-refractivity contribution in [2.75, 3.05) is 46.0 Å². The number of nitrogens with one attached hydrogen (secondary N) is 1. The third-order valence-corrected chi connectivity index (χ3v) is 6.84. The molecule has 1 aromatic heterocycles. The molecule has 3 fully saturated rings. The van der Waals surface area contributed by atoms with E-state index in [2.05, 4.69) is 9.88 Å². The Morgan fingerprint density at radius 1 is 1.29 bits per heavy atom. The number of piperidine rings is 1. The average Bonchev–Trinajstić information content (AvgIpc) is 3.28.